The van der Waals surface area contributed by atoms with E-state index in [-0.39, 0.29) is 37.9 Å². The van der Waals surface area contributed by atoms with Crippen molar-refractivity contribution in [2.75, 3.05) is 19.8 Å². The summed E-state index contributed by atoms with van der Waals surface area (Å²) in [5.74, 6) is -1.11. The minimum absolute atomic E-state index is 0.0332. The van der Waals surface area contributed by atoms with Gasteiger partial charge in [-0.15, -0.1) is 0 Å². The van der Waals surface area contributed by atoms with Crippen LogP contribution in [0.25, 0.3) is 0 Å². The molecule has 0 unspecified atom stereocenters. The van der Waals surface area contributed by atoms with E-state index in [0.29, 0.717) is 11.5 Å². The van der Waals surface area contributed by atoms with Gasteiger partial charge in [0, 0.05) is 6.54 Å². The maximum absolute atomic E-state index is 12.8. The Morgan fingerprint density at radius 3 is 2.72 bits per heavy atom. The van der Waals surface area contributed by atoms with Crippen LogP contribution in [0.3, 0.4) is 0 Å². The number of furan rings is 1. The van der Waals surface area contributed by atoms with Gasteiger partial charge < -0.3 is 23.9 Å². The third-order valence-electron chi connectivity index (χ3n) is 3.74. The van der Waals surface area contributed by atoms with Crippen LogP contribution in [0.4, 0.5) is 4.39 Å². The number of hydrogen-bond acceptors (Lipinski definition) is 5. The Labute approximate surface area is 142 Å². The highest BCUT2D eigenvalue weighted by atomic mass is 19.1. The molecule has 1 fully saturated rings. The molecule has 0 saturated carbocycles. The van der Waals surface area contributed by atoms with E-state index in [1.165, 1.54) is 35.2 Å². The summed E-state index contributed by atoms with van der Waals surface area (Å²) >= 11 is 0. The number of benzene rings is 1. The molecule has 1 amide bonds. The van der Waals surface area contributed by atoms with Gasteiger partial charge in [0.2, 0.25) is 0 Å². The van der Waals surface area contributed by atoms with Crippen LogP contribution in [0, 0.1) is 5.82 Å². The highest BCUT2D eigenvalue weighted by Crippen LogP contribution is 2.18. The third kappa shape index (κ3) is 3.97. The molecule has 0 spiro atoms. The van der Waals surface area contributed by atoms with Crippen molar-refractivity contribution in [3.05, 3.63) is 53.7 Å². The monoisotopic (exact) mass is 349 g/mol. The second-order valence-corrected chi connectivity index (χ2v) is 5.44. The lowest BCUT2D eigenvalue weighted by Crippen LogP contribution is -2.52. The Bertz CT molecular complexity index is 757. The van der Waals surface area contributed by atoms with Crippen molar-refractivity contribution >= 4 is 11.9 Å². The summed E-state index contributed by atoms with van der Waals surface area (Å²) in [5.41, 5.74) is 0. The molecule has 7 nitrogen and oxygen atoms in total. The molecule has 8 heteroatoms. The molecule has 132 valence electrons. The number of morpholine rings is 1. The molecule has 0 bridgehead atoms. The summed E-state index contributed by atoms with van der Waals surface area (Å²) in [6.45, 7) is 0.460. The van der Waals surface area contributed by atoms with E-state index in [1.54, 1.807) is 6.07 Å². The van der Waals surface area contributed by atoms with E-state index in [1.807, 2.05) is 0 Å². The van der Waals surface area contributed by atoms with E-state index in [9.17, 15) is 19.1 Å². The van der Waals surface area contributed by atoms with Crippen LogP contribution in [0.1, 0.15) is 16.3 Å². The fourth-order valence-electron chi connectivity index (χ4n) is 2.45. The highest BCUT2D eigenvalue weighted by Gasteiger charge is 2.34. The number of ether oxygens (including phenoxy) is 2. The zero-order chi connectivity index (χ0) is 17.8. The summed E-state index contributed by atoms with van der Waals surface area (Å²) < 4.78 is 28.8. The lowest BCUT2D eigenvalue weighted by Gasteiger charge is -2.32. The average Bonchev–Trinajstić information content (AvgIpc) is 3.09. The fraction of sp³-hybridized carbons (Fsp3) is 0.294. The van der Waals surface area contributed by atoms with Crippen LogP contribution in [0.2, 0.25) is 0 Å². The summed E-state index contributed by atoms with van der Waals surface area (Å²) in [7, 11) is 0. The van der Waals surface area contributed by atoms with Gasteiger partial charge in [-0.2, -0.15) is 0 Å². The lowest BCUT2D eigenvalue weighted by molar-refractivity contribution is -0.147. The first-order chi connectivity index (χ1) is 12.0. The number of carboxylic acids is 1. The molecule has 1 saturated heterocycles. The topological polar surface area (TPSA) is 89.2 Å². The van der Waals surface area contributed by atoms with Gasteiger partial charge in [0.15, 0.2) is 11.8 Å². The SMILES string of the molecule is O=C(O)[C@@H]1COCCN1C(=O)c1ccc(COc2ccc(F)cc2)o1. The first kappa shape index (κ1) is 17.0. The smallest absolute Gasteiger partial charge is 0.328 e. The number of nitrogens with zero attached hydrogens (tertiary/aromatic N) is 1. The van der Waals surface area contributed by atoms with Gasteiger partial charge in [0.05, 0.1) is 13.2 Å². The van der Waals surface area contributed by atoms with Crippen molar-refractivity contribution in [3.63, 3.8) is 0 Å². The number of aliphatic carboxylic acids is 1. The average molecular weight is 349 g/mol. The number of hydrogen-bond donors (Lipinski definition) is 1. The van der Waals surface area contributed by atoms with Gasteiger partial charge in [0.1, 0.15) is 23.9 Å². The van der Waals surface area contributed by atoms with Crippen molar-refractivity contribution in [2.45, 2.75) is 12.6 Å². The molecule has 1 aliphatic rings. The van der Waals surface area contributed by atoms with E-state index in [2.05, 4.69) is 0 Å². The molecular formula is C17H16FNO6. The minimum Gasteiger partial charge on any atom is -0.486 e. The molecule has 2 heterocycles. The Hall–Kier alpha value is -2.87. The summed E-state index contributed by atoms with van der Waals surface area (Å²) in [6.07, 6.45) is 0. The van der Waals surface area contributed by atoms with Crippen molar-refractivity contribution in [3.8, 4) is 5.75 Å². The van der Waals surface area contributed by atoms with E-state index in [4.69, 9.17) is 13.9 Å². The number of amides is 1. The number of halogens is 1. The first-order valence-corrected chi connectivity index (χ1v) is 7.63. The number of carboxylic acid groups (broad SMARTS) is 1. The predicted molar refractivity (Wildman–Crippen MR) is 82.7 cm³/mol. The molecule has 0 aliphatic carbocycles. The predicted octanol–water partition coefficient (Wildman–Crippen LogP) is 1.92. The molecule has 1 N–H and O–H groups in total. The van der Waals surface area contributed by atoms with Crippen LogP contribution in [0.5, 0.6) is 5.75 Å². The maximum Gasteiger partial charge on any atom is 0.328 e. The zero-order valence-electron chi connectivity index (χ0n) is 13.2. The zero-order valence-corrected chi connectivity index (χ0v) is 13.2. The Balaban J connectivity index is 1.64. The van der Waals surface area contributed by atoms with Crippen molar-refractivity contribution in [1.82, 2.24) is 4.90 Å². The third-order valence-corrected chi connectivity index (χ3v) is 3.74. The lowest BCUT2D eigenvalue weighted by atomic mass is 10.2. The Kier molecular flexibility index (Phi) is 4.99. The molecule has 3 rings (SSSR count). The fourth-order valence-corrected chi connectivity index (χ4v) is 2.45. The molecule has 1 aliphatic heterocycles. The molecule has 2 aromatic rings. The van der Waals surface area contributed by atoms with Crippen LogP contribution in [-0.2, 0) is 16.1 Å². The number of carbonyl (C=O) groups excluding carboxylic acids is 1. The maximum atomic E-state index is 12.8. The molecule has 0 radical (unpaired) electrons. The minimum atomic E-state index is -1.13. The molecule has 25 heavy (non-hydrogen) atoms. The molecule has 1 atom stereocenters. The van der Waals surface area contributed by atoms with Gasteiger partial charge in [0.25, 0.3) is 5.91 Å². The van der Waals surface area contributed by atoms with Crippen molar-refractivity contribution in [2.24, 2.45) is 0 Å². The standard InChI is InChI=1S/C17H16FNO6/c18-11-1-3-12(4-2-11)24-9-13-5-6-15(25-13)16(20)19-7-8-23-10-14(19)17(21)22/h1-6,14H,7-10H2,(H,21,22)/t14-/m0/s1. The largest absolute Gasteiger partial charge is 0.486 e. The number of carbonyl (C=O) groups is 2. The van der Waals surface area contributed by atoms with Gasteiger partial charge >= 0.3 is 5.97 Å². The number of rotatable bonds is 5. The Morgan fingerprint density at radius 2 is 2.00 bits per heavy atom. The van der Waals surface area contributed by atoms with E-state index in [0.717, 1.165) is 0 Å². The summed E-state index contributed by atoms with van der Waals surface area (Å²) in [5, 5.41) is 9.19. The highest BCUT2D eigenvalue weighted by molar-refractivity contribution is 5.94. The second kappa shape index (κ2) is 7.35. The van der Waals surface area contributed by atoms with Gasteiger partial charge in [-0.3, -0.25) is 4.79 Å². The van der Waals surface area contributed by atoms with Crippen LogP contribution in [-0.4, -0.2) is 47.7 Å². The first-order valence-electron chi connectivity index (χ1n) is 7.63. The van der Waals surface area contributed by atoms with E-state index >= 15 is 0 Å². The van der Waals surface area contributed by atoms with Crippen LogP contribution < -0.4 is 4.74 Å². The van der Waals surface area contributed by atoms with Gasteiger partial charge in [-0.05, 0) is 36.4 Å². The summed E-state index contributed by atoms with van der Waals surface area (Å²) in [6, 6.07) is 7.52. The van der Waals surface area contributed by atoms with Gasteiger partial charge in [-0.1, -0.05) is 0 Å². The molecule has 1 aromatic heterocycles. The Morgan fingerprint density at radius 1 is 1.24 bits per heavy atom. The van der Waals surface area contributed by atoms with Crippen LogP contribution >= 0.6 is 0 Å². The molecular weight excluding hydrogens is 333 g/mol. The normalized spacial score (nSPS) is 17.3. The summed E-state index contributed by atoms with van der Waals surface area (Å²) in [4.78, 5) is 24.9. The quantitative estimate of drug-likeness (QED) is 0.887. The van der Waals surface area contributed by atoms with Crippen molar-refractivity contribution < 1.29 is 33.0 Å². The molecule has 1 aromatic carbocycles. The van der Waals surface area contributed by atoms with Gasteiger partial charge in [-0.25, -0.2) is 9.18 Å². The van der Waals surface area contributed by atoms with E-state index < -0.39 is 17.9 Å². The van der Waals surface area contributed by atoms with Crippen LogP contribution in [0.15, 0.2) is 40.8 Å². The second-order valence-electron chi connectivity index (χ2n) is 5.44. The van der Waals surface area contributed by atoms with Crippen molar-refractivity contribution in [1.29, 1.82) is 0 Å².